The van der Waals surface area contributed by atoms with Gasteiger partial charge in [-0.1, -0.05) is 35.9 Å². The van der Waals surface area contributed by atoms with Crippen molar-refractivity contribution >= 4 is 29.2 Å². The van der Waals surface area contributed by atoms with Crippen LogP contribution in [0.1, 0.15) is 12.8 Å². The maximum absolute atomic E-state index is 12.2. The van der Waals surface area contributed by atoms with Gasteiger partial charge in [-0.3, -0.25) is 9.59 Å². The van der Waals surface area contributed by atoms with Crippen LogP contribution in [-0.4, -0.2) is 17.0 Å². The van der Waals surface area contributed by atoms with Crippen molar-refractivity contribution in [1.29, 1.82) is 0 Å². The van der Waals surface area contributed by atoms with Crippen LogP contribution in [0, 0.1) is 11.8 Å². The first-order chi connectivity index (χ1) is 9.08. The van der Waals surface area contributed by atoms with Crippen molar-refractivity contribution in [3.8, 4) is 0 Å². The summed E-state index contributed by atoms with van der Waals surface area (Å²) in [5.74, 6) is -2.61. The summed E-state index contributed by atoms with van der Waals surface area (Å²) in [4.78, 5) is 23.3. The first-order valence-electron chi connectivity index (χ1n) is 6.01. The smallest absolute Gasteiger partial charge is 0.307 e. The van der Waals surface area contributed by atoms with E-state index >= 15 is 0 Å². The van der Waals surface area contributed by atoms with Crippen LogP contribution in [-0.2, 0) is 9.59 Å². The van der Waals surface area contributed by atoms with E-state index in [2.05, 4.69) is 5.32 Å². The lowest BCUT2D eigenvalue weighted by atomic mass is 9.82. The highest BCUT2D eigenvalue weighted by Crippen LogP contribution is 2.32. The molecule has 1 amide bonds. The van der Waals surface area contributed by atoms with Crippen molar-refractivity contribution in [2.45, 2.75) is 12.8 Å². The average molecular weight is 280 g/mol. The minimum Gasteiger partial charge on any atom is -0.481 e. The van der Waals surface area contributed by atoms with E-state index in [9.17, 15) is 9.59 Å². The number of para-hydroxylation sites is 1. The molecule has 4 nitrogen and oxygen atoms in total. The van der Waals surface area contributed by atoms with E-state index in [1.54, 1.807) is 30.3 Å². The van der Waals surface area contributed by atoms with Gasteiger partial charge in [-0.25, -0.2) is 0 Å². The molecule has 0 spiro atoms. The summed E-state index contributed by atoms with van der Waals surface area (Å²) in [6.45, 7) is 0. The molecule has 2 unspecified atom stereocenters. The molecule has 0 saturated heterocycles. The second-order valence-electron chi connectivity index (χ2n) is 4.50. The van der Waals surface area contributed by atoms with Crippen LogP contribution in [0.15, 0.2) is 41.4 Å². The van der Waals surface area contributed by atoms with Crippen molar-refractivity contribution in [2.75, 3.05) is 5.32 Å². The fraction of sp³-hybridized carbons (Fsp3) is 0.286. The highest BCUT2D eigenvalue weighted by molar-refractivity contribution is 6.29. The zero-order chi connectivity index (χ0) is 13.8. The van der Waals surface area contributed by atoms with E-state index in [1.165, 1.54) is 0 Å². The number of carbonyl (C=O) groups excluding carboxylic acids is 1. The zero-order valence-corrected chi connectivity index (χ0v) is 10.9. The number of rotatable bonds is 3. The predicted octanol–water partition coefficient (Wildman–Crippen LogP) is 2.86. The normalized spacial score (nSPS) is 22.5. The number of benzene rings is 1. The number of amides is 1. The fourth-order valence-corrected chi connectivity index (χ4v) is 2.41. The van der Waals surface area contributed by atoms with Crippen LogP contribution < -0.4 is 5.32 Å². The van der Waals surface area contributed by atoms with Crippen LogP contribution in [0.5, 0.6) is 0 Å². The summed E-state index contributed by atoms with van der Waals surface area (Å²) >= 11 is 5.92. The minimum atomic E-state index is -0.964. The molecule has 1 aromatic carbocycles. The van der Waals surface area contributed by atoms with E-state index in [-0.39, 0.29) is 12.3 Å². The molecule has 0 aliphatic heterocycles. The Labute approximate surface area is 116 Å². The SMILES string of the molecule is O=C(O)C1CC=C(Cl)CC1C(=O)Nc1ccccc1. The van der Waals surface area contributed by atoms with E-state index in [0.29, 0.717) is 17.1 Å². The molecule has 19 heavy (non-hydrogen) atoms. The van der Waals surface area contributed by atoms with E-state index in [0.717, 1.165) is 0 Å². The fourth-order valence-electron chi connectivity index (χ4n) is 2.16. The highest BCUT2D eigenvalue weighted by Gasteiger charge is 2.36. The molecule has 0 heterocycles. The average Bonchev–Trinajstić information content (AvgIpc) is 2.39. The first-order valence-corrected chi connectivity index (χ1v) is 6.39. The number of carboxylic acids is 1. The Morgan fingerprint density at radius 1 is 1.21 bits per heavy atom. The van der Waals surface area contributed by atoms with Crippen molar-refractivity contribution in [2.24, 2.45) is 11.8 Å². The molecule has 0 aromatic heterocycles. The van der Waals surface area contributed by atoms with Gasteiger partial charge in [-0.05, 0) is 25.0 Å². The summed E-state index contributed by atoms with van der Waals surface area (Å²) in [5, 5.41) is 12.4. The topological polar surface area (TPSA) is 66.4 Å². The number of nitrogens with one attached hydrogen (secondary N) is 1. The van der Waals surface area contributed by atoms with Gasteiger partial charge in [0.25, 0.3) is 0 Å². The molecule has 1 aliphatic carbocycles. The second-order valence-corrected chi connectivity index (χ2v) is 4.98. The van der Waals surface area contributed by atoms with E-state index < -0.39 is 17.8 Å². The Morgan fingerprint density at radius 3 is 2.53 bits per heavy atom. The number of hydrogen-bond donors (Lipinski definition) is 2. The number of anilines is 1. The van der Waals surface area contributed by atoms with Crippen molar-refractivity contribution in [3.63, 3.8) is 0 Å². The van der Waals surface area contributed by atoms with Crippen molar-refractivity contribution < 1.29 is 14.7 Å². The van der Waals surface area contributed by atoms with Gasteiger partial charge < -0.3 is 10.4 Å². The van der Waals surface area contributed by atoms with Gasteiger partial charge in [0, 0.05) is 10.7 Å². The number of allylic oxidation sites excluding steroid dienone is 2. The summed E-state index contributed by atoms with van der Waals surface area (Å²) in [6, 6.07) is 8.97. The monoisotopic (exact) mass is 279 g/mol. The maximum Gasteiger partial charge on any atom is 0.307 e. The number of carboxylic acid groups (broad SMARTS) is 1. The summed E-state index contributed by atoms with van der Waals surface area (Å²) in [7, 11) is 0. The van der Waals surface area contributed by atoms with Gasteiger partial charge in [-0.15, -0.1) is 0 Å². The van der Waals surface area contributed by atoms with Gasteiger partial charge in [0.2, 0.25) is 5.91 Å². The van der Waals surface area contributed by atoms with Crippen LogP contribution in [0.25, 0.3) is 0 Å². The van der Waals surface area contributed by atoms with Crippen LogP contribution in [0.3, 0.4) is 0 Å². The molecule has 2 rings (SSSR count). The van der Waals surface area contributed by atoms with Gasteiger partial charge in [-0.2, -0.15) is 0 Å². The standard InChI is InChI=1S/C14H14ClNO3/c15-9-6-7-11(14(18)19)12(8-9)13(17)16-10-4-2-1-3-5-10/h1-6,11-12H,7-8H2,(H,16,17)(H,18,19). The Morgan fingerprint density at radius 2 is 1.89 bits per heavy atom. The number of carbonyl (C=O) groups is 2. The lowest BCUT2D eigenvalue weighted by molar-refractivity contribution is -0.146. The molecule has 0 radical (unpaired) electrons. The Bertz CT molecular complexity index is 513. The molecule has 1 aliphatic rings. The van der Waals surface area contributed by atoms with Gasteiger partial charge >= 0.3 is 5.97 Å². The predicted molar refractivity (Wildman–Crippen MR) is 72.9 cm³/mol. The Hall–Kier alpha value is -1.81. The highest BCUT2D eigenvalue weighted by atomic mass is 35.5. The summed E-state index contributed by atoms with van der Waals surface area (Å²) < 4.78 is 0. The molecular formula is C14H14ClNO3. The van der Waals surface area contributed by atoms with Crippen molar-refractivity contribution in [3.05, 3.63) is 41.4 Å². The molecule has 5 heteroatoms. The van der Waals surface area contributed by atoms with E-state index in [4.69, 9.17) is 16.7 Å². The third-order valence-corrected chi connectivity index (χ3v) is 3.50. The van der Waals surface area contributed by atoms with Crippen LogP contribution in [0.2, 0.25) is 0 Å². The number of aliphatic carboxylic acids is 1. The molecule has 0 saturated carbocycles. The molecular weight excluding hydrogens is 266 g/mol. The molecule has 2 N–H and O–H groups in total. The first kappa shape index (κ1) is 13.6. The molecule has 2 atom stereocenters. The lowest BCUT2D eigenvalue weighted by Gasteiger charge is -2.25. The summed E-state index contributed by atoms with van der Waals surface area (Å²) in [5.41, 5.74) is 0.655. The van der Waals surface area contributed by atoms with Gasteiger partial charge in [0.05, 0.1) is 11.8 Å². The number of halogens is 1. The van der Waals surface area contributed by atoms with Crippen LogP contribution >= 0.6 is 11.6 Å². The largest absolute Gasteiger partial charge is 0.481 e. The molecule has 100 valence electrons. The van der Waals surface area contributed by atoms with Gasteiger partial charge in [0.1, 0.15) is 0 Å². The van der Waals surface area contributed by atoms with Crippen molar-refractivity contribution in [1.82, 2.24) is 0 Å². The van der Waals surface area contributed by atoms with Crippen LogP contribution in [0.4, 0.5) is 5.69 Å². The summed E-state index contributed by atoms with van der Waals surface area (Å²) in [6.07, 6.45) is 2.24. The molecule has 0 fully saturated rings. The third kappa shape index (κ3) is 3.35. The van der Waals surface area contributed by atoms with Gasteiger partial charge in [0.15, 0.2) is 0 Å². The zero-order valence-electron chi connectivity index (χ0n) is 10.2. The molecule has 1 aromatic rings. The van der Waals surface area contributed by atoms with E-state index in [1.807, 2.05) is 6.07 Å². The molecule has 0 bridgehead atoms. The lowest BCUT2D eigenvalue weighted by Crippen LogP contribution is -2.35. The Balaban J connectivity index is 2.12. The Kier molecular flexibility index (Phi) is 4.22. The second kappa shape index (κ2) is 5.89. The number of hydrogen-bond acceptors (Lipinski definition) is 2. The third-order valence-electron chi connectivity index (χ3n) is 3.19. The maximum atomic E-state index is 12.2. The minimum absolute atomic E-state index is 0.275. The quantitative estimate of drug-likeness (QED) is 0.894.